The summed E-state index contributed by atoms with van der Waals surface area (Å²) in [5, 5.41) is 30.5. The van der Waals surface area contributed by atoms with E-state index in [1.807, 2.05) is 12.1 Å². The molecule has 0 saturated heterocycles. The predicted molar refractivity (Wildman–Crippen MR) is 107 cm³/mol. The molecule has 0 aliphatic heterocycles. The van der Waals surface area contributed by atoms with Gasteiger partial charge < -0.3 is 24.8 Å². The van der Waals surface area contributed by atoms with Crippen LogP contribution in [0.2, 0.25) is 0 Å². The van der Waals surface area contributed by atoms with Gasteiger partial charge in [0, 0.05) is 0 Å². The monoisotopic (exact) mass is 380 g/mol. The molecule has 3 unspecified atom stereocenters. The molecule has 5 heteroatoms. The van der Waals surface area contributed by atoms with E-state index in [0.29, 0.717) is 28.4 Å². The van der Waals surface area contributed by atoms with E-state index in [-0.39, 0.29) is 0 Å². The first kappa shape index (κ1) is 19.9. The van der Waals surface area contributed by atoms with Crippen molar-refractivity contribution in [3.8, 4) is 17.2 Å². The zero-order valence-electron chi connectivity index (χ0n) is 15.8. The summed E-state index contributed by atoms with van der Waals surface area (Å²) < 4.78 is 10.9. The molecular formula is C23H24O5. The largest absolute Gasteiger partial charge is 0.497 e. The molecule has 0 spiro atoms. The van der Waals surface area contributed by atoms with Crippen LogP contribution in [0.5, 0.6) is 17.2 Å². The molecule has 5 nitrogen and oxygen atoms in total. The van der Waals surface area contributed by atoms with Crippen LogP contribution in [0.15, 0.2) is 72.8 Å². The maximum absolute atomic E-state index is 10.5. The third kappa shape index (κ3) is 4.70. The molecule has 3 N–H and O–H groups in total. The molecule has 0 amide bonds. The van der Waals surface area contributed by atoms with Crippen LogP contribution in [0.25, 0.3) is 0 Å². The van der Waals surface area contributed by atoms with Crippen LogP contribution in [0.1, 0.15) is 41.9 Å². The van der Waals surface area contributed by atoms with Crippen LogP contribution in [-0.4, -0.2) is 22.4 Å². The van der Waals surface area contributed by atoms with E-state index in [9.17, 15) is 15.3 Å². The summed E-state index contributed by atoms with van der Waals surface area (Å²) in [6.45, 7) is 1.71. The van der Waals surface area contributed by atoms with Crippen molar-refractivity contribution in [3.63, 3.8) is 0 Å². The first-order valence-electron chi connectivity index (χ1n) is 9.04. The van der Waals surface area contributed by atoms with Gasteiger partial charge in [-0.25, -0.2) is 0 Å². The lowest BCUT2D eigenvalue weighted by atomic mass is 9.98. The van der Waals surface area contributed by atoms with Crippen molar-refractivity contribution in [2.75, 3.05) is 7.11 Å². The van der Waals surface area contributed by atoms with E-state index < -0.39 is 18.3 Å². The standard InChI is InChI=1S/C23H24O5/c1-15(24)16-3-11-20(12-4-16)28-21-13-7-18(8-14-21)23(26)22(25)17-5-9-19(27-2)10-6-17/h3-15,22-26H,1-2H3. The molecule has 3 aromatic rings. The lowest BCUT2D eigenvalue weighted by molar-refractivity contribution is 0.0172. The lowest BCUT2D eigenvalue weighted by Gasteiger charge is -2.19. The van der Waals surface area contributed by atoms with Crippen LogP contribution in [0.3, 0.4) is 0 Å². The summed E-state index contributed by atoms with van der Waals surface area (Å²) in [5.74, 6) is 1.95. The second kappa shape index (κ2) is 8.89. The second-order valence-corrected chi connectivity index (χ2v) is 6.58. The molecule has 0 aliphatic rings. The highest BCUT2D eigenvalue weighted by Gasteiger charge is 2.20. The first-order chi connectivity index (χ1) is 13.5. The van der Waals surface area contributed by atoms with E-state index in [4.69, 9.17) is 9.47 Å². The predicted octanol–water partition coefficient (Wildman–Crippen LogP) is 4.31. The fourth-order valence-corrected chi connectivity index (χ4v) is 2.85. The molecule has 28 heavy (non-hydrogen) atoms. The Balaban J connectivity index is 1.67. The molecule has 0 bridgehead atoms. The number of rotatable bonds is 7. The Morgan fingerprint density at radius 3 is 1.29 bits per heavy atom. The Bertz CT molecular complexity index is 870. The fraction of sp³-hybridized carbons (Fsp3) is 0.217. The minimum absolute atomic E-state index is 0.521. The normalized spacial score (nSPS) is 14.2. The molecule has 146 valence electrons. The van der Waals surface area contributed by atoms with Crippen LogP contribution in [-0.2, 0) is 0 Å². The van der Waals surface area contributed by atoms with Gasteiger partial charge in [0.2, 0.25) is 0 Å². The zero-order chi connectivity index (χ0) is 20.1. The molecule has 0 aliphatic carbocycles. The summed E-state index contributed by atoms with van der Waals surface area (Å²) in [4.78, 5) is 0. The fourth-order valence-electron chi connectivity index (χ4n) is 2.85. The summed E-state index contributed by atoms with van der Waals surface area (Å²) in [6, 6.07) is 21.0. The minimum atomic E-state index is -1.06. The number of aliphatic hydroxyl groups is 3. The van der Waals surface area contributed by atoms with Crippen LogP contribution >= 0.6 is 0 Å². The van der Waals surface area contributed by atoms with Crippen molar-refractivity contribution in [2.24, 2.45) is 0 Å². The van der Waals surface area contributed by atoms with Gasteiger partial charge in [0.1, 0.15) is 29.5 Å². The van der Waals surface area contributed by atoms with Crippen LogP contribution in [0, 0.1) is 0 Å². The van der Waals surface area contributed by atoms with Crippen LogP contribution in [0.4, 0.5) is 0 Å². The summed E-state index contributed by atoms with van der Waals surface area (Å²) >= 11 is 0. The number of aliphatic hydroxyl groups excluding tert-OH is 3. The Kier molecular flexibility index (Phi) is 6.31. The van der Waals surface area contributed by atoms with Gasteiger partial charge in [0.15, 0.2) is 0 Å². The SMILES string of the molecule is COc1ccc(C(O)C(O)c2ccc(Oc3ccc(C(C)O)cc3)cc2)cc1. The smallest absolute Gasteiger partial charge is 0.127 e. The van der Waals surface area contributed by atoms with Crippen molar-refractivity contribution in [3.05, 3.63) is 89.5 Å². The van der Waals surface area contributed by atoms with Gasteiger partial charge in [-0.15, -0.1) is 0 Å². The molecular weight excluding hydrogens is 356 g/mol. The topological polar surface area (TPSA) is 79.2 Å². The maximum atomic E-state index is 10.5. The van der Waals surface area contributed by atoms with Crippen LogP contribution < -0.4 is 9.47 Å². The molecule has 0 fully saturated rings. The highest BCUT2D eigenvalue weighted by Crippen LogP contribution is 2.31. The highest BCUT2D eigenvalue weighted by molar-refractivity contribution is 5.36. The first-order valence-corrected chi connectivity index (χ1v) is 9.04. The van der Waals surface area contributed by atoms with Crippen molar-refractivity contribution in [1.29, 1.82) is 0 Å². The third-order valence-corrected chi connectivity index (χ3v) is 4.58. The third-order valence-electron chi connectivity index (χ3n) is 4.58. The molecule has 0 radical (unpaired) electrons. The average molecular weight is 380 g/mol. The van der Waals surface area contributed by atoms with Gasteiger partial charge in [-0.2, -0.15) is 0 Å². The number of benzene rings is 3. The maximum Gasteiger partial charge on any atom is 0.127 e. The van der Waals surface area contributed by atoms with E-state index in [0.717, 1.165) is 5.56 Å². The highest BCUT2D eigenvalue weighted by atomic mass is 16.5. The van der Waals surface area contributed by atoms with Crippen molar-refractivity contribution in [1.82, 2.24) is 0 Å². The summed E-state index contributed by atoms with van der Waals surface area (Å²) in [7, 11) is 1.57. The second-order valence-electron chi connectivity index (χ2n) is 6.58. The Labute approximate surface area is 164 Å². The van der Waals surface area contributed by atoms with Gasteiger partial charge >= 0.3 is 0 Å². The van der Waals surface area contributed by atoms with Gasteiger partial charge in [-0.05, 0) is 60.0 Å². The number of hydrogen-bond acceptors (Lipinski definition) is 5. The Morgan fingerprint density at radius 2 is 0.929 bits per heavy atom. The van der Waals surface area contributed by atoms with Crippen molar-refractivity contribution in [2.45, 2.75) is 25.2 Å². The van der Waals surface area contributed by atoms with Gasteiger partial charge in [-0.3, -0.25) is 0 Å². The zero-order valence-corrected chi connectivity index (χ0v) is 15.8. The minimum Gasteiger partial charge on any atom is -0.497 e. The lowest BCUT2D eigenvalue weighted by Crippen LogP contribution is -2.10. The average Bonchev–Trinajstić information content (AvgIpc) is 2.73. The van der Waals surface area contributed by atoms with E-state index >= 15 is 0 Å². The number of ether oxygens (including phenoxy) is 2. The van der Waals surface area contributed by atoms with E-state index in [1.165, 1.54) is 0 Å². The van der Waals surface area contributed by atoms with E-state index in [1.54, 1.807) is 74.7 Å². The summed E-state index contributed by atoms with van der Waals surface area (Å²) in [6.07, 6.45) is -2.63. The Morgan fingerprint density at radius 1 is 0.571 bits per heavy atom. The van der Waals surface area contributed by atoms with Crippen molar-refractivity contribution >= 4 is 0 Å². The van der Waals surface area contributed by atoms with Gasteiger partial charge in [0.05, 0.1) is 13.2 Å². The van der Waals surface area contributed by atoms with E-state index in [2.05, 4.69) is 0 Å². The molecule has 0 heterocycles. The van der Waals surface area contributed by atoms with Gasteiger partial charge in [0.25, 0.3) is 0 Å². The van der Waals surface area contributed by atoms with Crippen molar-refractivity contribution < 1.29 is 24.8 Å². The Hall–Kier alpha value is -2.86. The summed E-state index contributed by atoms with van der Waals surface area (Å²) in [5.41, 5.74) is 2.00. The molecule has 3 rings (SSSR count). The molecule has 0 aromatic heterocycles. The molecule has 3 atom stereocenters. The quantitative estimate of drug-likeness (QED) is 0.569. The number of methoxy groups -OCH3 is 1. The number of hydrogen-bond donors (Lipinski definition) is 3. The van der Waals surface area contributed by atoms with Gasteiger partial charge in [-0.1, -0.05) is 36.4 Å². The molecule has 3 aromatic carbocycles. The molecule has 0 saturated carbocycles.